The maximum Gasteiger partial charge on any atom is 0.291 e. The van der Waals surface area contributed by atoms with Crippen LogP contribution in [0.5, 0.6) is 11.5 Å². The maximum absolute atomic E-state index is 12.5. The number of para-hydroxylation sites is 1. The minimum atomic E-state index is -0.399. The molecule has 0 unspecified atom stereocenters. The Balaban J connectivity index is 1.77. The molecule has 0 fully saturated rings. The smallest absolute Gasteiger partial charge is 0.291 e. The van der Waals surface area contributed by atoms with Gasteiger partial charge in [-0.1, -0.05) is 12.1 Å². The van der Waals surface area contributed by atoms with Gasteiger partial charge in [-0.2, -0.15) is 0 Å². The molecule has 0 saturated carbocycles. The van der Waals surface area contributed by atoms with Gasteiger partial charge in [0.2, 0.25) is 0 Å². The molecular weight excluding hydrogens is 348 g/mol. The maximum atomic E-state index is 12.5. The highest BCUT2D eigenvalue weighted by atomic mass is 16.5. The second-order valence-electron chi connectivity index (χ2n) is 5.50. The van der Waals surface area contributed by atoms with Crippen molar-refractivity contribution in [1.29, 1.82) is 0 Å². The third-order valence-electron chi connectivity index (χ3n) is 3.80. The molecule has 0 aliphatic rings. The van der Waals surface area contributed by atoms with E-state index >= 15 is 0 Å². The van der Waals surface area contributed by atoms with Crippen LogP contribution in [0.25, 0.3) is 0 Å². The van der Waals surface area contributed by atoms with Crippen LogP contribution >= 0.6 is 0 Å². The van der Waals surface area contributed by atoms with E-state index in [0.717, 1.165) is 0 Å². The Bertz CT molecular complexity index is 951. The number of benzene rings is 2. The van der Waals surface area contributed by atoms with Gasteiger partial charge in [0.25, 0.3) is 11.8 Å². The Morgan fingerprint density at radius 1 is 0.852 bits per heavy atom. The Kier molecular flexibility index (Phi) is 5.41. The van der Waals surface area contributed by atoms with Crippen LogP contribution in [0.4, 0.5) is 11.4 Å². The summed E-state index contributed by atoms with van der Waals surface area (Å²) >= 11 is 0. The van der Waals surface area contributed by atoms with Gasteiger partial charge in [-0.15, -0.1) is 0 Å². The van der Waals surface area contributed by atoms with Crippen molar-refractivity contribution < 1.29 is 23.5 Å². The lowest BCUT2D eigenvalue weighted by molar-refractivity contribution is 0.0993. The highest BCUT2D eigenvalue weighted by molar-refractivity contribution is 6.07. The van der Waals surface area contributed by atoms with E-state index in [9.17, 15) is 9.59 Å². The molecule has 0 saturated heterocycles. The first-order valence-electron chi connectivity index (χ1n) is 8.09. The SMILES string of the molecule is COc1cc(NC(=O)c2ccccc2OC)ccc1NC(=O)c1ccco1. The number of methoxy groups -OCH3 is 2. The van der Waals surface area contributed by atoms with Gasteiger partial charge < -0.3 is 24.5 Å². The van der Waals surface area contributed by atoms with Gasteiger partial charge in [-0.25, -0.2) is 0 Å². The number of hydrogen-bond donors (Lipinski definition) is 2. The second-order valence-corrected chi connectivity index (χ2v) is 5.50. The van der Waals surface area contributed by atoms with E-state index in [4.69, 9.17) is 13.9 Å². The molecule has 2 aromatic carbocycles. The summed E-state index contributed by atoms with van der Waals surface area (Å²) in [6.45, 7) is 0. The Morgan fingerprint density at radius 2 is 1.63 bits per heavy atom. The third kappa shape index (κ3) is 4.09. The number of furan rings is 1. The second kappa shape index (κ2) is 8.09. The zero-order chi connectivity index (χ0) is 19.2. The fourth-order valence-electron chi connectivity index (χ4n) is 2.49. The van der Waals surface area contributed by atoms with Crippen molar-refractivity contribution in [3.05, 3.63) is 72.2 Å². The van der Waals surface area contributed by atoms with Crippen molar-refractivity contribution in [3.8, 4) is 11.5 Å². The number of anilines is 2. The first kappa shape index (κ1) is 18.1. The first-order chi connectivity index (χ1) is 13.1. The van der Waals surface area contributed by atoms with Crippen molar-refractivity contribution in [2.24, 2.45) is 0 Å². The Labute approximate surface area is 155 Å². The minimum absolute atomic E-state index is 0.186. The van der Waals surface area contributed by atoms with Crippen LogP contribution in [0, 0.1) is 0 Å². The lowest BCUT2D eigenvalue weighted by Gasteiger charge is -2.13. The molecule has 0 aliphatic heterocycles. The highest BCUT2D eigenvalue weighted by Gasteiger charge is 2.15. The van der Waals surface area contributed by atoms with Crippen LogP contribution in [-0.4, -0.2) is 26.0 Å². The molecule has 7 nitrogen and oxygen atoms in total. The van der Waals surface area contributed by atoms with Gasteiger partial charge in [-0.05, 0) is 36.4 Å². The predicted molar refractivity (Wildman–Crippen MR) is 101 cm³/mol. The molecule has 0 spiro atoms. The average molecular weight is 366 g/mol. The van der Waals surface area contributed by atoms with E-state index in [1.54, 1.807) is 54.6 Å². The number of hydrogen-bond acceptors (Lipinski definition) is 5. The monoisotopic (exact) mass is 366 g/mol. The zero-order valence-electron chi connectivity index (χ0n) is 14.8. The minimum Gasteiger partial charge on any atom is -0.496 e. The molecule has 3 aromatic rings. The molecule has 138 valence electrons. The molecule has 0 aliphatic carbocycles. The molecule has 0 bridgehead atoms. The molecule has 3 rings (SSSR count). The molecule has 2 N–H and O–H groups in total. The Hall–Kier alpha value is -3.74. The van der Waals surface area contributed by atoms with E-state index in [2.05, 4.69) is 10.6 Å². The number of ether oxygens (including phenoxy) is 2. The van der Waals surface area contributed by atoms with Crippen LogP contribution in [0.15, 0.2) is 65.3 Å². The Morgan fingerprint density at radius 3 is 2.33 bits per heavy atom. The van der Waals surface area contributed by atoms with Gasteiger partial charge >= 0.3 is 0 Å². The van der Waals surface area contributed by atoms with Crippen molar-refractivity contribution in [2.75, 3.05) is 24.9 Å². The van der Waals surface area contributed by atoms with Gasteiger partial charge in [0.1, 0.15) is 11.5 Å². The van der Waals surface area contributed by atoms with Crippen LogP contribution in [0.3, 0.4) is 0 Å². The first-order valence-corrected chi connectivity index (χ1v) is 8.09. The lowest BCUT2D eigenvalue weighted by Crippen LogP contribution is -2.14. The summed E-state index contributed by atoms with van der Waals surface area (Å²) in [7, 11) is 2.98. The standard InChI is InChI=1S/C20H18N2O5/c1-25-16-7-4-3-6-14(16)19(23)21-13-9-10-15(18(12-13)26-2)22-20(24)17-8-5-11-27-17/h3-12H,1-2H3,(H,21,23)(H,22,24). The number of carbonyl (C=O) groups excluding carboxylic acids is 2. The highest BCUT2D eigenvalue weighted by Crippen LogP contribution is 2.29. The summed E-state index contributed by atoms with van der Waals surface area (Å²) in [5.41, 5.74) is 1.38. The zero-order valence-corrected chi connectivity index (χ0v) is 14.8. The van der Waals surface area contributed by atoms with Crippen molar-refractivity contribution >= 4 is 23.2 Å². The summed E-state index contributed by atoms with van der Waals surface area (Å²) in [5.74, 6) is 0.341. The van der Waals surface area contributed by atoms with E-state index in [1.807, 2.05) is 0 Å². The largest absolute Gasteiger partial charge is 0.496 e. The summed E-state index contributed by atoms with van der Waals surface area (Å²) in [6.07, 6.45) is 1.42. The quantitative estimate of drug-likeness (QED) is 0.692. The van der Waals surface area contributed by atoms with Crippen LogP contribution in [0.2, 0.25) is 0 Å². The van der Waals surface area contributed by atoms with E-state index in [-0.39, 0.29) is 11.7 Å². The lowest BCUT2D eigenvalue weighted by atomic mass is 10.1. The molecule has 27 heavy (non-hydrogen) atoms. The van der Waals surface area contributed by atoms with Crippen LogP contribution in [0.1, 0.15) is 20.9 Å². The molecule has 1 aromatic heterocycles. The van der Waals surface area contributed by atoms with Crippen molar-refractivity contribution in [3.63, 3.8) is 0 Å². The summed E-state index contributed by atoms with van der Waals surface area (Å²) in [6, 6.07) is 15.0. The summed E-state index contributed by atoms with van der Waals surface area (Å²) in [4.78, 5) is 24.6. The molecular formula is C20H18N2O5. The third-order valence-corrected chi connectivity index (χ3v) is 3.80. The predicted octanol–water partition coefficient (Wildman–Crippen LogP) is 3.80. The van der Waals surface area contributed by atoms with Gasteiger partial charge in [0.05, 0.1) is 31.7 Å². The van der Waals surface area contributed by atoms with Crippen molar-refractivity contribution in [2.45, 2.75) is 0 Å². The fourth-order valence-corrected chi connectivity index (χ4v) is 2.49. The number of nitrogens with one attached hydrogen (secondary N) is 2. The molecule has 2 amide bonds. The van der Waals surface area contributed by atoms with Gasteiger partial charge in [0, 0.05) is 11.8 Å². The van der Waals surface area contributed by atoms with Gasteiger partial charge in [0.15, 0.2) is 5.76 Å². The average Bonchev–Trinajstić information content (AvgIpc) is 3.24. The number of carbonyl (C=O) groups is 2. The molecule has 7 heteroatoms. The van der Waals surface area contributed by atoms with E-state index < -0.39 is 5.91 Å². The number of rotatable bonds is 6. The molecule has 0 radical (unpaired) electrons. The normalized spacial score (nSPS) is 10.1. The molecule has 1 heterocycles. The summed E-state index contributed by atoms with van der Waals surface area (Å²) < 4.78 is 15.6. The summed E-state index contributed by atoms with van der Waals surface area (Å²) in [5, 5.41) is 5.49. The van der Waals surface area contributed by atoms with Crippen LogP contribution in [-0.2, 0) is 0 Å². The van der Waals surface area contributed by atoms with Crippen LogP contribution < -0.4 is 20.1 Å². The fraction of sp³-hybridized carbons (Fsp3) is 0.100. The van der Waals surface area contributed by atoms with Crippen molar-refractivity contribution in [1.82, 2.24) is 0 Å². The molecule has 0 atom stereocenters. The van der Waals surface area contributed by atoms with Gasteiger partial charge in [-0.3, -0.25) is 9.59 Å². The number of amides is 2. The van der Waals surface area contributed by atoms with E-state index in [1.165, 1.54) is 20.5 Å². The topological polar surface area (TPSA) is 89.8 Å². The van der Waals surface area contributed by atoms with E-state index in [0.29, 0.717) is 28.4 Å².